The second-order valence-electron chi connectivity index (χ2n) is 6.47. The number of rotatable bonds is 5. The highest BCUT2D eigenvalue weighted by Crippen LogP contribution is 2.31. The van der Waals surface area contributed by atoms with E-state index >= 15 is 0 Å². The molecule has 3 rings (SSSR count). The Morgan fingerprint density at radius 2 is 2.00 bits per heavy atom. The van der Waals surface area contributed by atoms with Crippen molar-refractivity contribution in [2.45, 2.75) is 19.0 Å². The van der Waals surface area contributed by atoms with E-state index in [9.17, 15) is 22.4 Å². The van der Waals surface area contributed by atoms with Crippen LogP contribution in [0.5, 0.6) is 0 Å². The second kappa shape index (κ2) is 8.91. The fraction of sp³-hybridized carbons (Fsp3) is 0.389. The van der Waals surface area contributed by atoms with Gasteiger partial charge >= 0.3 is 6.18 Å². The van der Waals surface area contributed by atoms with Gasteiger partial charge in [-0.25, -0.2) is 14.4 Å². The number of benzene rings is 1. The van der Waals surface area contributed by atoms with Crippen LogP contribution >= 0.6 is 11.6 Å². The van der Waals surface area contributed by atoms with Gasteiger partial charge in [0, 0.05) is 31.6 Å². The van der Waals surface area contributed by atoms with E-state index in [-0.39, 0.29) is 23.2 Å². The summed E-state index contributed by atoms with van der Waals surface area (Å²) in [7, 11) is 0. The first-order valence-electron chi connectivity index (χ1n) is 8.76. The topological polar surface area (TPSA) is 76.1 Å². The first kappa shape index (κ1) is 21.3. The summed E-state index contributed by atoms with van der Waals surface area (Å²) < 4.78 is 58.8. The lowest BCUT2D eigenvalue weighted by atomic mass is 10.0. The number of hydrogen-bond acceptors (Lipinski definition) is 5. The quantitative estimate of drug-likeness (QED) is 0.693. The van der Waals surface area contributed by atoms with Crippen LogP contribution in [0.2, 0.25) is 5.02 Å². The third-order valence-corrected chi connectivity index (χ3v) is 4.66. The fourth-order valence-electron chi connectivity index (χ4n) is 2.81. The Morgan fingerprint density at radius 3 is 2.66 bits per heavy atom. The number of hydrogen-bond donors (Lipinski definition) is 2. The summed E-state index contributed by atoms with van der Waals surface area (Å²) in [5.74, 6) is -1.83. The molecule has 2 heterocycles. The average molecular weight is 433 g/mol. The molecule has 0 atom stereocenters. The molecule has 1 aliphatic rings. The van der Waals surface area contributed by atoms with Crippen molar-refractivity contribution in [3.8, 4) is 0 Å². The first-order chi connectivity index (χ1) is 13.7. The fourth-order valence-corrected chi connectivity index (χ4v) is 2.99. The number of halogens is 5. The maximum absolute atomic E-state index is 13.5. The van der Waals surface area contributed by atoms with Crippen molar-refractivity contribution in [2.24, 2.45) is 5.92 Å². The van der Waals surface area contributed by atoms with Crippen LogP contribution in [-0.4, -0.2) is 35.6 Å². The van der Waals surface area contributed by atoms with E-state index in [4.69, 9.17) is 16.3 Å². The van der Waals surface area contributed by atoms with Crippen molar-refractivity contribution in [3.63, 3.8) is 0 Å². The summed E-state index contributed by atoms with van der Waals surface area (Å²) in [4.78, 5) is 19.5. The van der Waals surface area contributed by atoms with Crippen molar-refractivity contribution in [1.82, 2.24) is 15.3 Å². The summed E-state index contributed by atoms with van der Waals surface area (Å²) in [6.45, 7) is 1.37. The highest BCUT2D eigenvalue weighted by molar-refractivity contribution is 6.31. The third kappa shape index (κ3) is 5.54. The number of amides is 1. The van der Waals surface area contributed by atoms with Gasteiger partial charge in [-0.1, -0.05) is 11.6 Å². The van der Waals surface area contributed by atoms with E-state index in [2.05, 4.69) is 20.6 Å². The van der Waals surface area contributed by atoms with Crippen LogP contribution in [0.4, 0.5) is 29.2 Å². The van der Waals surface area contributed by atoms with Gasteiger partial charge in [0.15, 0.2) is 5.69 Å². The number of aromatic nitrogens is 2. The van der Waals surface area contributed by atoms with Crippen LogP contribution in [0.25, 0.3) is 0 Å². The van der Waals surface area contributed by atoms with Crippen molar-refractivity contribution in [1.29, 1.82) is 0 Å². The summed E-state index contributed by atoms with van der Waals surface area (Å²) in [5.41, 5.74) is -1.85. The lowest BCUT2D eigenvalue weighted by molar-refractivity contribution is -0.141. The van der Waals surface area contributed by atoms with Gasteiger partial charge in [-0.05, 0) is 37.0 Å². The Morgan fingerprint density at radius 1 is 1.28 bits per heavy atom. The molecule has 0 radical (unpaired) electrons. The summed E-state index contributed by atoms with van der Waals surface area (Å²) in [5, 5.41) is 4.81. The minimum absolute atomic E-state index is 0.145. The van der Waals surface area contributed by atoms with E-state index in [1.807, 2.05) is 0 Å². The minimum atomic E-state index is -4.87. The Balaban J connectivity index is 1.78. The van der Waals surface area contributed by atoms with Crippen LogP contribution in [-0.2, 0) is 10.9 Å². The largest absolute Gasteiger partial charge is 0.434 e. The number of nitrogens with zero attached hydrogens (tertiary/aromatic N) is 2. The molecule has 2 N–H and O–H groups in total. The molecule has 6 nitrogen and oxygen atoms in total. The molecule has 0 aliphatic carbocycles. The molecule has 1 fully saturated rings. The van der Waals surface area contributed by atoms with Crippen LogP contribution in [0, 0.1) is 11.7 Å². The molecule has 1 saturated heterocycles. The summed E-state index contributed by atoms with van der Waals surface area (Å²) in [6, 6.07) is 3.50. The number of ether oxygens (including phenoxy) is 1. The maximum atomic E-state index is 13.5. The highest BCUT2D eigenvalue weighted by atomic mass is 35.5. The van der Waals surface area contributed by atoms with Crippen molar-refractivity contribution >= 4 is 29.1 Å². The van der Waals surface area contributed by atoms with Gasteiger partial charge < -0.3 is 15.4 Å². The predicted molar refractivity (Wildman–Crippen MR) is 97.6 cm³/mol. The molecule has 1 amide bonds. The molecule has 11 heteroatoms. The van der Waals surface area contributed by atoms with Gasteiger partial charge in [-0.2, -0.15) is 13.2 Å². The van der Waals surface area contributed by atoms with E-state index in [1.165, 1.54) is 12.1 Å². The zero-order valence-corrected chi connectivity index (χ0v) is 15.8. The van der Waals surface area contributed by atoms with Gasteiger partial charge in [0.2, 0.25) is 5.95 Å². The minimum Gasteiger partial charge on any atom is -0.381 e. The van der Waals surface area contributed by atoms with Gasteiger partial charge in [0.1, 0.15) is 5.82 Å². The SMILES string of the molecule is O=C(NCC1CCOCC1)c1cnc(Nc2ccc(F)c(Cl)c2)nc1C(F)(F)F. The normalized spacial score (nSPS) is 15.2. The molecule has 0 spiro atoms. The van der Waals surface area contributed by atoms with E-state index < -0.39 is 35.1 Å². The molecule has 0 unspecified atom stereocenters. The molecule has 2 aromatic rings. The van der Waals surface area contributed by atoms with Gasteiger partial charge in [0.25, 0.3) is 5.91 Å². The first-order valence-corrected chi connectivity index (χ1v) is 9.14. The van der Waals surface area contributed by atoms with Crippen LogP contribution in [0.1, 0.15) is 28.9 Å². The lowest BCUT2D eigenvalue weighted by Crippen LogP contribution is -2.33. The average Bonchev–Trinajstić information content (AvgIpc) is 2.69. The maximum Gasteiger partial charge on any atom is 0.434 e. The number of anilines is 2. The molecule has 29 heavy (non-hydrogen) atoms. The Bertz CT molecular complexity index is 889. The number of carbonyl (C=O) groups excluding carboxylic acids is 1. The third-order valence-electron chi connectivity index (χ3n) is 4.37. The van der Waals surface area contributed by atoms with Gasteiger partial charge in [-0.3, -0.25) is 4.79 Å². The van der Waals surface area contributed by atoms with Crippen LogP contribution in [0.3, 0.4) is 0 Å². The second-order valence-corrected chi connectivity index (χ2v) is 6.88. The summed E-state index contributed by atoms with van der Waals surface area (Å²) in [6.07, 6.45) is -2.61. The zero-order valence-electron chi connectivity index (χ0n) is 15.0. The predicted octanol–water partition coefficient (Wildman–Crippen LogP) is 4.19. The number of carbonyl (C=O) groups is 1. The molecule has 0 saturated carbocycles. The van der Waals surface area contributed by atoms with Gasteiger partial charge in [-0.15, -0.1) is 0 Å². The van der Waals surface area contributed by atoms with E-state index in [1.54, 1.807) is 0 Å². The Kier molecular flexibility index (Phi) is 6.53. The standard InChI is InChI=1S/C18H17ClF4N4O2/c19-13-7-11(1-2-14(13)20)26-17-25-9-12(15(27-17)18(21,22)23)16(28)24-8-10-3-5-29-6-4-10/h1-2,7,9-10H,3-6,8H2,(H,24,28)(H,25,26,27). The molecule has 1 aliphatic heterocycles. The molecule has 1 aromatic carbocycles. The van der Waals surface area contributed by atoms with E-state index in [0.717, 1.165) is 25.1 Å². The monoisotopic (exact) mass is 432 g/mol. The molecular weight excluding hydrogens is 416 g/mol. The van der Waals surface area contributed by atoms with Crippen molar-refractivity contribution in [3.05, 3.63) is 46.5 Å². The molecule has 156 valence electrons. The molecule has 0 bridgehead atoms. The Hall–Kier alpha value is -2.46. The highest BCUT2D eigenvalue weighted by Gasteiger charge is 2.38. The van der Waals surface area contributed by atoms with Crippen molar-refractivity contribution < 1.29 is 27.1 Å². The number of alkyl halides is 3. The van der Waals surface area contributed by atoms with Crippen molar-refractivity contribution in [2.75, 3.05) is 25.1 Å². The van der Waals surface area contributed by atoms with E-state index in [0.29, 0.717) is 13.2 Å². The van der Waals surface area contributed by atoms with Gasteiger partial charge in [0.05, 0.1) is 10.6 Å². The van der Waals surface area contributed by atoms with Crippen LogP contribution < -0.4 is 10.6 Å². The molecular formula is C18H17ClF4N4O2. The lowest BCUT2D eigenvalue weighted by Gasteiger charge is -2.22. The summed E-state index contributed by atoms with van der Waals surface area (Å²) >= 11 is 5.65. The molecule has 1 aromatic heterocycles. The van der Waals surface area contributed by atoms with Crippen LogP contribution in [0.15, 0.2) is 24.4 Å². The zero-order chi connectivity index (χ0) is 21.0. The number of nitrogens with one attached hydrogen (secondary N) is 2. The Labute approximate surface area is 168 Å². The smallest absolute Gasteiger partial charge is 0.381 e.